The summed E-state index contributed by atoms with van der Waals surface area (Å²) in [5, 5.41) is 10.6. The van der Waals surface area contributed by atoms with Gasteiger partial charge in [0.15, 0.2) is 12.2 Å². The van der Waals surface area contributed by atoms with E-state index in [-0.39, 0.29) is 25.7 Å². The van der Waals surface area contributed by atoms with Gasteiger partial charge in [0, 0.05) is 25.7 Å². The number of ether oxygens (including phenoxy) is 4. The van der Waals surface area contributed by atoms with Gasteiger partial charge in [0.1, 0.15) is 19.3 Å². The summed E-state index contributed by atoms with van der Waals surface area (Å²) in [5.41, 5.74) is 0. The van der Waals surface area contributed by atoms with Crippen molar-refractivity contribution in [3.63, 3.8) is 0 Å². The van der Waals surface area contributed by atoms with Crippen LogP contribution in [0.1, 0.15) is 364 Å². The topological polar surface area (TPSA) is 237 Å². The number of carbonyl (C=O) groups is 4. The highest BCUT2D eigenvalue weighted by atomic mass is 31.2. The molecule has 0 heterocycles. The van der Waals surface area contributed by atoms with Crippen LogP contribution in [0.2, 0.25) is 0 Å². The van der Waals surface area contributed by atoms with E-state index in [0.29, 0.717) is 37.5 Å². The molecule has 0 radical (unpaired) electrons. The summed E-state index contributed by atoms with van der Waals surface area (Å²) in [4.78, 5) is 72.5. The van der Waals surface area contributed by atoms with E-state index in [2.05, 4.69) is 55.4 Å². The molecule has 6 atom stereocenters. The molecule has 0 spiro atoms. The minimum atomic E-state index is -4.95. The minimum absolute atomic E-state index is 0.102. The highest BCUT2D eigenvalue weighted by Gasteiger charge is 2.30. The number of carbonyl (C=O) groups excluding carboxylic acids is 4. The fourth-order valence-electron chi connectivity index (χ4n) is 11.0. The zero-order valence-electron chi connectivity index (χ0n) is 60.2. The lowest BCUT2D eigenvalue weighted by Gasteiger charge is -2.21. The molecule has 19 heteroatoms. The van der Waals surface area contributed by atoms with Crippen LogP contribution in [0.3, 0.4) is 0 Å². The van der Waals surface area contributed by atoms with Crippen molar-refractivity contribution < 1.29 is 80.2 Å². The van der Waals surface area contributed by atoms with Gasteiger partial charge in [-0.1, -0.05) is 312 Å². The standard InChI is InChI=1S/C73H142O17P2/c1-9-66(8)52-44-36-27-20-18-16-14-12-10-11-13-15-17-19-21-29-39-47-55-72(77)89-69(60-84-71(76)54-46-38-32-31-35-43-51-65(6)7)62-88-92(81,82)86-58-67(74)57-85-91(79,80)87-61-68(90-73(78)56-48-40-30-24-26-34-42-50-64(4)5)59-83-70(75)53-45-37-28-23-22-25-33-41-49-63(2)3/h63-69,74H,9-62H2,1-8H3,(H,79,80)(H,81,82)/t66?,67?,68-,69-/m1/s1. The first-order valence-corrected chi connectivity index (χ1v) is 40.7. The van der Waals surface area contributed by atoms with Gasteiger partial charge in [-0.2, -0.15) is 0 Å². The van der Waals surface area contributed by atoms with Gasteiger partial charge in [0.05, 0.1) is 26.4 Å². The number of aliphatic hydroxyl groups excluding tert-OH is 1. The first-order chi connectivity index (χ1) is 44.1. The van der Waals surface area contributed by atoms with Crippen LogP contribution in [0.4, 0.5) is 0 Å². The maximum atomic E-state index is 13.0. The molecule has 0 bridgehead atoms. The van der Waals surface area contributed by atoms with Crippen LogP contribution >= 0.6 is 15.6 Å². The molecular weight excluding hydrogens is 1210 g/mol. The van der Waals surface area contributed by atoms with Crippen molar-refractivity contribution in [1.82, 2.24) is 0 Å². The van der Waals surface area contributed by atoms with Gasteiger partial charge < -0.3 is 33.8 Å². The Kier molecular flexibility index (Phi) is 61.3. The normalized spacial score (nSPS) is 14.5. The van der Waals surface area contributed by atoms with Crippen molar-refractivity contribution in [1.29, 1.82) is 0 Å². The average molecular weight is 1350 g/mol. The molecular formula is C73H142O17P2. The number of aliphatic hydroxyl groups is 1. The van der Waals surface area contributed by atoms with Crippen molar-refractivity contribution in [3.05, 3.63) is 0 Å². The third-order valence-electron chi connectivity index (χ3n) is 17.2. The molecule has 0 aromatic rings. The predicted octanol–water partition coefficient (Wildman–Crippen LogP) is 20.9. The number of esters is 4. The molecule has 0 aliphatic carbocycles. The van der Waals surface area contributed by atoms with Crippen LogP contribution in [0.15, 0.2) is 0 Å². The number of rotatable bonds is 70. The summed E-state index contributed by atoms with van der Waals surface area (Å²) in [6.07, 6.45) is 46.3. The van der Waals surface area contributed by atoms with E-state index in [1.54, 1.807) is 0 Å². The van der Waals surface area contributed by atoms with Crippen molar-refractivity contribution in [2.45, 2.75) is 382 Å². The molecule has 0 saturated carbocycles. The maximum absolute atomic E-state index is 13.0. The first kappa shape index (κ1) is 90.1. The van der Waals surface area contributed by atoms with E-state index in [4.69, 9.17) is 37.0 Å². The SMILES string of the molecule is CCC(C)CCCCCCCCCCCCCCCCCCCCC(=O)O[C@H](COC(=O)CCCCCCCCC(C)C)COP(=O)(O)OCC(O)COP(=O)(O)OC[C@@H](COC(=O)CCCCCCCCCCC(C)C)OC(=O)CCCCCCCCCC(C)C. The zero-order chi connectivity index (χ0) is 68.2. The van der Waals surface area contributed by atoms with Crippen LogP contribution in [0, 0.1) is 23.7 Å². The summed E-state index contributed by atoms with van der Waals surface area (Å²) in [7, 11) is -9.90. The molecule has 0 saturated heterocycles. The second-order valence-electron chi connectivity index (χ2n) is 28.0. The molecule has 0 aliphatic heterocycles. The van der Waals surface area contributed by atoms with E-state index in [1.807, 2.05) is 0 Å². The molecule has 4 unspecified atom stereocenters. The van der Waals surface area contributed by atoms with E-state index >= 15 is 0 Å². The average Bonchev–Trinajstić information content (AvgIpc) is 2.35. The Balaban J connectivity index is 5.13. The van der Waals surface area contributed by atoms with Gasteiger partial charge >= 0.3 is 39.5 Å². The molecule has 0 aromatic heterocycles. The Morgan fingerprint density at radius 2 is 0.522 bits per heavy atom. The molecule has 0 aromatic carbocycles. The first-order valence-electron chi connectivity index (χ1n) is 37.7. The van der Waals surface area contributed by atoms with Gasteiger partial charge in [-0.05, 0) is 49.4 Å². The van der Waals surface area contributed by atoms with Crippen LogP contribution in [0.5, 0.6) is 0 Å². The van der Waals surface area contributed by atoms with E-state index in [9.17, 15) is 43.2 Å². The molecule has 17 nitrogen and oxygen atoms in total. The van der Waals surface area contributed by atoms with Gasteiger partial charge in [0.25, 0.3) is 0 Å². The highest BCUT2D eigenvalue weighted by Crippen LogP contribution is 2.45. The van der Waals surface area contributed by atoms with Gasteiger partial charge in [-0.15, -0.1) is 0 Å². The highest BCUT2D eigenvalue weighted by molar-refractivity contribution is 7.47. The number of phosphoric acid groups is 2. The molecule has 92 heavy (non-hydrogen) atoms. The minimum Gasteiger partial charge on any atom is -0.462 e. The smallest absolute Gasteiger partial charge is 0.462 e. The Hall–Kier alpha value is -1.94. The molecule has 0 rings (SSSR count). The second kappa shape index (κ2) is 62.6. The zero-order valence-corrected chi connectivity index (χ0v) is 62.0. The van der Waals surface area contributed by atoms with E-state index < -0.39 is 97.5 Å². The van der Waals surface area contributed by atoms with Crippen LogP contribution < -0.4 is 0 Å². The van der Waals surface area contributed by atoms with Crippen molar-refractivity contribution >= 4 is 39.5 Å². The largest absolute Gasteiger partial charge is 0.472 e. The molecule has 3 N–H and O–H groups in total. The third-order valence-corrected chi connectivity index (χ3v) is 19.1. The molecule has 0 amide bonds. The molecule has 0 fully saturated rings. The number of hydrogen-bond donors (Lipinski definition) is 3. The maximum Gasteiger partial charge on any atom is 0.472 e. The lowest BCUT2D eigenvalue weighted by molar-refractivity contribution is -0.161. The summed E-state index contributed by atoms with van der Waals surface area (Å²) in [5.74, 6) is 0.841. The van der Waals surface area contributed by atoms with Gasteiger partial charge in [-0.25, -0.2) is 9.13 Å². The Bertz CT molecular complexity index is 1820. The lowest BCUT2D eigenvalue weighted by Crippen LogP contribution is -2.30. The van der Waals surface area contributed by atoms with Crippen LogP contribution in [-0.4, -0.2) is 96.7 Å². The van der Waals surface area contributed by atoms with Crippen molar-refractivity contribution in [2.75, 3.05) is 39.6 Å². The monoisotopic (exact) mass is 1350 g/mol. The van der Waals surface area contributed by atoms with E-state index in [0.717, 1.165) is 108 Å². The summed E-state index contributed by atoms with van der Waals surface area (Å²) < 4.78 is 68.3. The Labute approximate surface area is 562 Å². The van der Waals surface area contributed by atoms with Crippen molar-refractivity contribution in [2.24, 2.45) is 23.7 Å². The second-order valence-corrected chi connectivity index (χ2v) is 30.9. The van der Waals surface area contributed by atoms with Crippen LogP contribution in [-0.2, 0) is 65.4 Å². The van der Waals surface area contributed by atoms with Gasteiger partial charge in [0.2, 0.25) is 0 Å². The lowest BCUT2D eigenvalue weighted by atomic mass is 9.99. The third kappa shape index (κ3) is 65.4. The van der Waals surface area contributed by atoms with Crippen LogP contribution in [0.25, 0.3) is 0 Å². The summed E-state index contributed by atoms with van der Waals surface area (Å²) >= 11 is 0. The predicted molar refractivity (Wildman–Crippen MR) is 372 cm³/mol. The molecule has 546 valence electrons. The Morgan fingerprint density at radius 3 is 0.772 bits per heavy atom. The summed E-state index contributed by atoms with van der Waals surface area (Å²) in [6.45, 7) is 14.1. The Morgan fingerprint density at radius 1 is 0.304 bits per heavy atom. The quantitative estimate of drug-likeness (QED) is 0.0222. The molecule has 0 aliphatic rings. The number of phosphoric ester groups is 2. The number of unbranched alkanes of at least 4 members (excludes halogenated alkanes) is 35. The van der Waals surface area contributed by atoms with Gasteiger partial charge in [-0.3, -0.25) is 37.3 Å². The summed E-state index contributed by atoms with van der Waals surface area (Å²) in [6, 6.07) is 0. The van der Waals surface area contributed by atoms with Crippen molar-refractivity contribution in [3.8, 4) is 0 Å². The van der Waals surface area contributed by atoms with E-state index in [1.165, 1.54) is 161 Å². The fourth-order valence-corrected chi connectivity index (χ4v) is 12.6. The number of hydrogen-bond acceptors (Lipinski definition) is 15. The fraction of sp³-hybridized carbons (Fsp3) is 0.945.